The number of nitrogens with zero attached hydrogens (tertiary/aromatic N) is 3. The van der Waals surface area contributed by atoms with Gasteiger partial charge in [-0.3, -0.25) is 4.57 Å². The average Bonchev–Trinajstić information content (AvgIpc) is 3.53. The van der Waals surface area contributed by atoms with Gasteiger partial charge in [0, 0.05) is 32.1 Å². The smallest absolute Gasteiger partial charge is 0.137 e. The summed E-state index contributed by atoms with van der Waals surface area (Å²) in [7, 11) is 0. The molecule has 0 saturated carbocycles. The second-order valence-corrected chi connectivity index (χ2v) is 12.1. The number of benzene rings is 4. The number of pyridine rings is 2. The molecule has 0 spiro atoms. The van der Waals surface area contributed by atoms with Crippen LogP contribution in [0.1, 0.15) is 18.6 Å². The summed E-state index contributed by atoms with van der Waals surface area (Å²) in [5.74, 6) is 0.941. The molecule has 208 valence electrons. The van der Waals surface area contributed by atoms with Crippen molar-refractivity contribution in [2.45, 2.75) is 13.8 Å². The zero-order valence-electron chi connectivity index (χ0n) is 21.9. The molecule has 0 aliphatic heterocycles. The highest BCUT2D eigenvalue weighted by Gasteiger charge is 2.17. The molecule has 8 rings (SSSR count). The first-order chi connectivity index (χ1) is 20.1. The predicted molar refractivity (Wildman–Crippen MR) is 187 cm³/mol. The molecular formula is C36H28Br3N3. The first-order valence-electron chi connectivity index (χ1n) is 13.1. The van der Waals surface area contributed by atoms with Crippen LogP contribution in [0.2, 0.25) is 0 Å². The first-order valence-corrected chi connectivity index (χ1v) is 15.5. The van der Waals surface area contributed by atoms with Gasteiger partial charge in [-0.2, -0.15) is 0 Å². The lowest BCUT2D eigenvalue weighted by Gasteiger charge is -2.06. The Morgan fingerprint density at radius 3 is 1.90 bits per heavy atom. The molecule has 3 nitrogen and oxygen atoms in total. The Labute approximate surface area is 271 Å². The number of aromatic nitrogens is 3. The third-order valence-corrected chi connectivity index (χ3v) is 8.35. The van der Waals surface area contributed by atoms with Crippen LogP contribution in [0, 0.1) is 0 Å². The van der Waals surface area contributed by atoms with E-state index in [9.17, 15) is 0 Å². The van der Waals surface area contributed by atoms with E-state index in [0.717, 1.165) is 21.3 Å². The Hall–Kier alpha value is -3.58. The first kappa shape index (κ1) is 29.9. The lowest BCUT2D eigenvalue weighted by molar-refractivity contribution is 1.08. The zero-order chi connectivity index (χ0) is 28.2. The SMILES string of the molecule is Brc1ccc2c(c1)Cc1ccccc1-2.Brc1ccc2c3ccccc3n(-c3ccccn3)c2c1.Brc1ccccn1.C. The third-order valence-electron chi connectivity index (χ3n) is 6.90. The fourth-order valence-corrected chi connectivity index (χ4v) is 6.16. The summed E-state index contributed by atoms with van der Waals surface area (Å²) in [6.45, 7) is 0. The van der Waals surface area contributed by atoms with Gasteiger partial charge in [0.2, 0.25) is 0 Å². The van der Waals surface area contributed by atoms with Crippen molar-refractivity contribution in [2.75, 3.05) is 0 Å². The summed E-state index contributed by atoms with van der Waals surface area (Å²) < 4.78 is 5.33. The fourth-order valence-electron chi connectivity index (χ4n) is 5.13. The van der Waals surface area contributed by atoms with Crippen molar-refractivity contribution in [3.05, 3.63) is 158 Å². The molecule has 0 radical (unpaired) electrons. The molecule has 1 aliphatic rings. The molecule has 0 saturated heterocycles. The van der Waals surface area contributed by atoms with E-state index in [1.807, 2.05) is 42.6 Å². The van der Waals surface area contributed by atoms with Crippen LogP contribution in [-0.2, 0) is 6.42 Å². The minimum Gasteiger partial charge on any atom is -0.294 e. The Kier molecular flexibility index (Phi) is 9.68. The number of hydrogen-bond donors (Lipinski definition) is 0. The van der Waals surface area contributed by atoms with Crippen LogP contribution in [0.5, 0.6) is 0 Å². The highest BCUT2D eigenvalue weighted by molar-refractivity contribution is 9.11. The maximum absolute atomic E-state index is 4.50. The molecule has 7 aromatic rings. The summed E-state index contributed by atoms with van der Waals surface area (Å²) in [5, 5.41) is 2.50. The maximum atomic E-state index is 4.50. The van der Waals surface area contributed by atoms with E-state index >= 15 is 0 Å². The number of halogens is 3. The van der Waals surface area contributed by atoms with Gasteiger partial charge in [0.25, 0.3) is 0 Å². The van der Waals surface area contributed by atoms with E-state index in [2.05, 4.69) is 147 Å². The van der Waals surface area contributed by atoms with Crippen molar-refractivity contribution in [1.29, 1.82) is 0 Å². The van der Waals surface area contributed by atoms with Crippen LogP contribution in [0.4, 0.5) is 0 Å². The van der Waals surface area contributed by atoms with Crippen molar-refractivity contribution < 1.29 is 0 Å². The topological polar surface area (TPSA) is 30.7 Å². The minimum atomic E-state index is 0. The van der Waals surface area contributed by atoms with Crippen LogP contribution in [0.3, 0.4) is 0 Å². The summed E-state index contributed by atoms with van der Waals surface area (Å²) in [5.41, 5.74) is 8.01. The van der Waals surface area contributed by atoms with Crippen LogP contribution in [0.15, 0.2) is 147 Å². The number of rotatable bonds is 1. The largest absolute Gasteiger partial charge is 0.294 e. The second kappa shape index (κ2) is 13.6. The normalized spacial score (nSPS) is 10.9. The third kappa shape index (κ3) is 6.41. The van der Waals surface area contributed by atoms with Gasteiger partial charge in [0.05, 0.1) is 11.0 Å². The van der Waals surface area contributed by atoms with E-state index < -0.39 is 0 Å². The van der Waals surface area contributed by atoms with Gasteiger partial charge in [-0.05, 0) is 99.2 Å². The predicted octanol–water partition coefficient (Wildman–Crippen LogP) is 11.4. The van der Waals surface area contributed by atoms with E-state index in [1.165, 1.54) is 48.5 Å². The Balaban J connectivity index is 0.000000139. The van der Waals surface area contributed by atoms with E-state index in [-0.39, 0.29) is 7.43 Å². The van der Waals surface area contributed by atoms with Crippen molar-refractivity contribution in [3.63, 3.8) is 0 Å². The fraction of sp³-hybridized carbons (Fsp3) is 0.0556. The monoisotopic (exact) mass is 739 g/mol. The van der Waals surface area contributed by atoms with Gasteiger partial charge in [-0.15, -0.1) is 0 Å². The van der Waals surface area contributed by atoms with Crippen molar-refractivity contribution in [2.24, 2.45) is 0 Å². The van der Waals surface area contributed by atoms with Crippen molar-refractivity contribution in [1.82, 2.24) is 14.5 Å². The average molecular weight is 742 g/mol. The highest BCUT2D eigenvalue weighted by Crippen LogP contribution is 2.37. The molecule has 3 aromatic heterocycles. The molecule has 0 bridgehead atoms. The number of fused-ring (bicyclic) bond motifs is 6. The summed E-state index contributed by atoms with van der Waals surface area (Å²) in [6.07, 6.45) is 4.64. The van der Waals surface area contributed by atoms with Gasteiger partial charge in [-0.25, -0.2) is 9.97 Å². The molecule has 0 unspecified atom stereocenters. The lowest BCUT2D eigenvalue weighted by atomic mass is 10.1. The molecule has 0 amide bonds. The summed E-state index contributed by atoms with van der Waals surface area (Å²) in [6, 6.07) is 41.7. The van der Waals surface area contributed by atoms with E-state index in [1.54, 1.807) is 6.20 Å². The Morgan fingerprint density at radius 1 is 0.524 bits per heavy atom. The summed E-state index contributed by atoms with van der Waals surface area (Å²) in [4.78, 5) is 8.39. The molecule has 3 heterocycles. The van der Waals surface area contributed by atoms with Crippen LogP contribution < -0.4 is 0 Å². The lowest BCUT2D eigenvalue weighted by Crippen LogP contribution is -1.95. The standard InChI is InChI=1S/C17H11BrN2.C13H9Br.C5H4BrN.CH4/c18-12-8-9-14-13-5-1-2-6-15(13)20(16(14)11-12)17-7-3-4-10-19-17;14-11-5-6-13-10(8-11)7-9-3-1-2-4-12(9)13;6-5-3-1-2-4-7-5;/h1-11H;1-6,8H,7H2;1-4H;1H4. The van der Waals surface area contributed by atoms with E-state index in [0.29, 0.717) is 0 Å². The Bertz CT molecular complexity index is 1950. The highest BCUT2D eigenvalue weighted by atomic mass is 79.9. The quantitative estimate of drug-likeness (QED) is 0.157. The van der Waals surface area contributed by atoms with Gasteiger partial charge < -0.3 is 0 Å². The number of hydrogen-bond acceptors (Lipinski definition) is 2. The maximum Gasteiger partial charge on any atom is 0.137 e. The van der Waals surface area contributed by atoms with Gasteiger partial charge in [0.1, 0.15) is 10.4 Å². The molecule has 42 heavy (non-hydrogen) atoms. The molecule has 0 atom stereocenters. The molecule has 0 fully saturated rings. The Morgan fingerprint density at radius 2 is 1.17 bits per heavy atom. The molecule has 1 aliphatic carbocycles. The molecule has 6 heteroatoms. The zero-order valence-corrected chi connectivity index (χ0v) is 26.6. The second-order valence-electron chi connectivity index (χ2n) is 9.49. The number of para-hydroxylation sites is 1. The van der Waals surface area contributed by atoms with Crippen molar-refractivity contribution in [3.8, 4) is 16.9 Å². The molecule has 4 aromatic carbocycles. The van der Waals surface area contributed by atoms with Gasteiger partial charge in [-0.1, -0.05) is 106 Å². The summed E-state index contributed by atoms with van der Waals surface area (Å²) >= 11 is 10.3. The van der Waals surface area contributed by atoms with Crippen molar-refractivity contribution >= 4 is 69.6 Å². The van der Waals surface area contributed by atoms with Crippen LogP contribution in [-0.4, -0.2) is 14.5 Å². The van der Waals surface area contributed by atoms with Gasteiger partial charge >= 0.3 is 0 Å². The minimum absolute atomic E-state index is 0. The van der Waals surface area contributed by atoms with E-state index in [4.69, 9.17) is 0 Å². The molecular weight excluding hydrogens is 714 g/mol. The van der Waals surface area contributed by atoms with Crippen LogP contribution in [0.25, 0.3) is 38.8 Å². The molecule has 0 N–H and O–H groups in total. The van der Waals surface area contributed by atoms with Gasteiger partial charge in [0.15, 0.2) is 0 Å². The van der Waals surface area contributed by atoms with Crippen LogP contribution >= 0.6 is 47.8 Å².